The third-order valence-electron chi connectivity index (χ3n) is 3.96. The molecule has 0 aromatic heterocycles. The summed E-state index contributed by atoms with van der Waals surface area (Å²) in [5.41, 5.74) is 6.79. The van der Waals surface area contributed by atoms with Crippen molar-refractivity contribution in [1.29, 1.82) is 0 Å². The first-order valence-electron chi connectivity index (χ1n) is 7.23. The summed E-state index contributed by atoms with van der Waals surface area (Å²) in [4.78, 5) is 14.1. The lowest BCUT2D eigenvalue weighted by molar-refractivity contribution is -0.131. The molecule has 0 aliphatic carbocycles. The van der Waals surface area contributed by atoms with Crippen LogP contribution in [-0.4, -0.2) is 37.6 Å². The highest BCUT2D eigenvalue weighted by atomic mass is 32.2. The van der Waals surface area contributed by atoms with Crippen LogP contribution in [0, 0.1) is 6.92 Å². The van der Waals surface area contributed by atoms with Crippen molar-refractivity contribution >= 4 is 21.4 Å². The van der Waals surface area contributed by atoms with Gasteiger partial charge in [0.25, 0.3) is 0 Å². The number of nitrogens with zero attached hydrogens (tertiary/aromatic N) is 1. The second-order valence-corrected chi connectivity index (χ2v) is 7.85. The van der Waals surface area contributed by atoms with Crippen LogP contribution in [0.15, 0.2) is 23.1 Å². The molecule has 1 aliphatic heterocycles. The van der Waals surface area contributed by atoms with Crippen LogP contribution in [0.4, 0.5) is 5.69 Å². The number of aryl methyl sites for hydroxylation is 1. The molecule has 1 aromatic rings. The van der Waals surface area contributed by atoms with E-state index in [4.69, 9.17) is 5.73 Å². The molecule has 1 unspecified atom stereocenters. The highest BCUT2D eigenvalue weighted by Crippen LogP contribution is 2.25. The van der Waals surface area contributed by atoms with E-state index in [1.807, 2.05) is 0 Å². The van der Waals surface area contributed by atoms with E-state index in [0.29, 0.717) is 13.1 Å². The molecule has 2 N–H and O–H groups in total. The van der Waals surface area contributed by atoms with Gasteiger partial charge in [-0.1, -0.05) is 6.07 Å². The molecular formula is C15H22N2O3S. The van der Waals surface area contributed by atoms with Crippen LogP contribution in [0.2, 0.25) is 0 Å². The van der Waals surface area contributed by atoms with Crippen LogP contribution in [-0.2, 0) is 14.6 Å². The predicted molar refractivity (Wildman–Crippen MR) is 82.7 cm³/mol. The second kappa shape index (κ2) is 6.05. The summed E-state index contributed by atoms with van der Waals surface area (Å²) in [5, 5.41) is -1.10. The molecule has 21 heavy (non-hydrogen) atoms. The lowest BCUT2D eigenvalue weighted by atomic mass is 10.1. The molecule has 1 saturated heterocycles. The Kier molecular flexibility index (Phi) is 4.56. The summed E-state index contributed by atoms with van der Waals surface area (Å²) >= 11 is 0. The SMILES string of the molecule is Cc1ccc(N)c(S(=O)(=O)C(C)C(=O)N2CCCCC2)c1. The van der Waals surface area contributed by atoms with Crippen molar-refractivity contribution in [1.82, 2.24) is 4.90 Å². The Labute approximate surface area is 126 Å². The predicted octanol–water partition coefficient (Wildman–Crippen LogP) is 1.75. The summed E-state index contributed by atoms with van der Waals surface area (Å²) in [6.07, 6.45) is 2.96. The zero-order valence-electron chi connectivity index (χ0n) is 12.5. The fraction of sp³-hybridized carbons (Fsp3) is 0.533. The molecule has 0 bridgehead atoms. The van der Waals surface area contributed by atoms with Gasteiger partial charge < -0.3 is 10.6 Å². The summed E-state index contributed by atoms with van der Waals surface area (Å²) in [5.74, 6) is -0.324. The van der Waals surface area contributed by atoms with E-state index in [1.54, 1.807) is 24.0 Å². The topological polar surface area (TPSA) is 80.5 Å². The normalized spacial score (nSPS) is 17.5. The highest BCUT2D eigenvalue weighted by Gasteiger charge is 2.34. The van der Waals surface area contributed by atoms with Gasteiger partial charge in [-0.05, 0) is 50.8 Å². The van der Waals surface area contributed by atoms with Crippen LogP contribution < -0.4 is 5.73 Å². The van der Waals surface area contributed by atoms with Crippen molar-refractivity contribution < 1.29 is 13.2 Å². The standard InChI is InChI=1S/C15H22N2O3S/c1-11-6-7-13(16)14(10-11)21(19,20)12(2)15(18)17-8-4-3-5-9-17/h6-7,10,12H,3-5,8-9,16H2,1-2H3. The third kappa shape index (κ3) is 3.20. The van der Waals surface area contributed by atoms with Crippen molar-refractivity contribution in [2.24, 2.45) is 0 Å². The number of rotatable bonds is 3. The Balaban J connectivity index is 2.29. The number of benzene rings is 1. The number of anilines is 1. The maximum absolute atomic E-state index is 12.7. The summed E-state index contributed by atoms with van der Waals surface area (Å²) in [6, 6.07) is 4.86. The number of sulfone groups is 1. The number of piperidine rings is 1. The number of likely N-dealkylation sites (tertiary alicyclic amines) is 1. The zero-order chi connectivity index (χ0) is 15.6. The van der Waals surface area contributed by atoms with Gasteiger partial charge in [0.1, 0.15) is 5.25 Å². The summed E-state index contributed by atoms with van der Waals surface area (Å²) in [7, 11) is -3.76. The minimum Gasteiger partial charge on any atom is -0.398 e. The quantitative estimate of drug-likeness (QED) is 0.863. The van der Waals surface area contributed by atoms with Crippen LogP contribution >= 0.6 is 0 Å². The minimum atomic E-state index is -3.76. The van der Waals surface area contributed by atoms with E-state index in [2.05, 4.69) is 0 Å². The number of nitrogens with two attached hydrogens (primary N) is 1. The van der Waals surface area contributed by atoms with Gasteiger partial charge in [-0.3, -0.25) is 4.79 Å². The van der Waals surface area contributed by atoms with Gasteiger partial charge in [0.05, 0.1) is 10.6 Å². The molecule has 0 spiro atoms. The van der Waals surface area contributed by atoms with Gasteiger partial charge >= 0.3 is 0 Å². The monoisotopic (exact) mass is 310 g/mol. The van der Waals surface area contributed by atoms with Gasteiger partial charge in [0.2, 0.25) is 5.91 Å². The third-order valence-corrected chi connectivity index (χ3v) is 6.06. The van der Waals surface area contributed by atoms with Crippen LogP contribution in [0.5, 0.6) is 0 Å². The van der Waals surface area contributed by atoms with E-state index in [9.17, 15) is 13.2 Å². The highest BCUT2D eigenvalue weighted by molar-refractivity contribution is 7.93. The Morgan fingerprint density at radius 2 is 1.86 bits per heavy atom. The molecule has 1 heterocycles. The van der Waals surface area contributed by atoms with Crippen LogP contribution in [0.3, 0.4) is 0 Å². The Bertz CT molecular complexity index is 634. The maximum atomic E-state index is 12.7. The molecular weight excluding hydrogens is 288 g/mol. The minimum absolute atomic E-state index is 0.0559. The maximum Gasteiger partial charge on any atom is 0.241 e. The van der Waals surface area contributed by atoms with Crippen LogP contribution in [0.1, 0.15) is 31.7 Å². The molecule has 1 atom stereocenters. The molecule has 0 radical (unpaired) electrons. The first-order valence-corrected chi connectivity index (χ1v) is 8.77. The van der Waals surface area contributed by atoms with Gasteiger partial charge in [0.15, 0.2) is 9.84 Å². The lowest BCUT2D eigenvalue weighted by Crippen LogP contribution is -2.44. The molecule has 2 rings (SSSR count). The van der Waals surface area contributed by atoms with E-state index >= 15 is 0 Å². The van der Waals surface area contributed by atoms with Crippen molar-refractivity contribution in [3.8, 4) is 0 Å². The van der Waals surface area contributed by atoms with E-state index in [-0.39, 0.29) is 16.5 Å². The number of hydrogen-bond acceptors (Lipinski definition) is 4. The second-order valence-electron chi connectivity index (χ2n) is 5.61. The Hall–Kier alpha value is -1.56. The number of hydrogen-bond donors (Lipinski definition) is 1. The lowest BCUT2D eigenvalue weighted by Gasteiger charge is -2.29. The van der Waals surface area contributed by atoms with Crippen molar-refractivity contribution in [3.05, 3.63) is 23.8 Å². The van der Waals surface area contributed by atoms with E-state index < -0.39 is 15.1 Å². The number of nitrogen functional groups attached to an aromatic ring is 1. The fourth-order valence-corrected chi connectivity index (χ4v) is 4.12. The van der Waals surface area contributed by atoms with Crippen molar-refractivity contribution in [2.75, 3.05) is 18.8 Å². The average Bonchev–Trinajstić information content (AvgIpc) is 2.49. The Morgan fingerprint density at radius 1 is 1.24 bits per heavy atom. The first kappa shape index (κ1) is 15.8. The smallest absolute Gasteiger partial charge is 0.241 e. The van der Waals surface area contributed by atoms with Crippen LogP contribution in [0.25, 0.3) is 0 Å². The van der Waals surface area contributed by atoms with Crippen molar-refractivity contribution in [2.45, 2.75) is 43.3 Å². The molecule has 1 aliphatic rings. The first-order chi connectivity index (χ1) is 9.84. The molecule has 1 amide bonds. The van der Waals surface area contributed by atoms with Crippen molar-refractivity contribution in [3.63, 3.8) is 0 Å². The molecule has 5 nitrogen and oxygen atoms in total. The van der Waals surface area contributed by atoms with E-state index in [0.717, 1.165) is 24.8 Å². The summed E-state index contributed by atoms with van der Waals surface area (Å²) in [6.45, 7) is 4.54. The molecule has 1 aromatic carbocycles. The number of carbonyl (C=O) groups is 1. The molecule has 116 valence electrons. The van der Waals surface area contributed by atoms with E-state index in [1.165, 1.54) is 13.0 Å². The zero-order valence-corrected chi connectivity index (χ0v) is 13.3. The van der Waals surface area contributed by atoms with Gasteiger partial charge in [-0.2, -0.15) is 0 Å². The molecule has 1 fully saturated rings. The Morgan fingerprint density at radius 3 is 2.48 bits per heavy atom. The summed E-state index contributed by atoms with van der Waals surface area (Å²) < 4.78 is 25.3. The average molecular weight is 310 g/mol. The molecule has 0 saturated carbocycles. The number of amides is 1. The largest absolute Gasteiger partial charge is 0.398 e. The van der Waals surface area contributed by atoms with Gasteiger partial charge in [-0.25, -0.2) is 8.42 Å². The van der Waals surface area contributed by atoms with Gasteiger partial charge in [-0.15, -0.1) is 0 Å². The molecule has 6 heteroatoms. The fourth-order valence-electron chi connectivity index (χ4n) is 2.58. The number of carbonyl (C=O) groups excluding carboxylic acids is 1. The van der Waals surface area contributed by atoms with Gasteiger partial charge in [0, 0.05) is 13.1 Å².